The summed E-state index contributed by atoms with van der Waals surface area (Å²) in [4.78, 5) is 0. The molecular formula is C12H21N3O2S. The van der Waals surface area contributed by atoms with Gasteiger partial charge in [0.05, 0.1) is 17.5 Å². The van der Waals surface area contributed by atoms with Gasteiger partial charge in [0.1, 0.15) is 0 Å². The minimum Gasteiger partial charge on any atom is -0.272 e. The Kier molecular flexibility index (Phi) is 3.77. The third kappa shape index (κ3) is 2.59. The van der Waals surface area contributed by atoms with E-state index in [-0.39, 0.29) is 11.8 Å². The first kappa shape index (κ1) is 13.5. The van der Waals surface area contributed by atoms with Crippen LogP contribution in [0.4, 0.5) is 0 Å². The predicted octanol–water partition coefficient (Wildman–Crippen LogP) is 1.44. The lowest BCUT2D eigenvalue weighted by atomic mass is 9.92. The predicted molar refractivity (Wildman–Crippen MR) is 70.8 cm³/mol. The summed E-state index contributed by atoms with van der Waals surface area (Å²) in [5.74, 6) is 0.193. The molecule has 6 heteroatoms. The Balaban J connectivity index is 2.28. The van der Waals surface area contributed by atoms with Crippen molar-refractivity contribution in [3.05, 3.63) is 17.0 Å². The normalized spacial score (nSPS) is 19.8. The molecule has 0 aromatic carbocycles. The zero-order valence-corrected chi connectivity index (χ0v) is 12.0. The fourth-order valence-electron chi connectivity index (χ4n) is 2.75. The average Bonchev–Trinajstić information content (AvgIpc) is 2.55. The first-order valence-electron chi connectivity index (χ1n) is 6.47. The summed E-state index contributed by atoms with van der Waals surface area (Å²) in [5, 5.41) is 4.40. The van der Waals surface area contributed by atoms with Crippen LogP contribution in [0.2, 0.25) is 0 Å². The molecule has 5 nitrogen and oxygen atoms in total. The molecule has 0 saturated heterocycles. The molecule has 1 aromatic rings. The second-order valence-electron chi connectivity index (χ2n) is 4.95. The van der Waals surface area contributed by atoms with Gasteiger partial charge in [0.15, 0.2) is 0 Å². The van der Waals surface area contributed by atoms with Crippen LogP contribution in [-0.2, 0) is 23.5 Å². The molecule has 0 fully saturated rings. The van der Waals surface area contributed by atoms with E-state index in [0.29, 0.717) is 6.42 Å². The molecule has 1 aliphatic rings. The molecule has 1 aromatic heterocycles. The smallest absolute Gasteiger partial charge is 0.212 e. The number of hydrogen-bond acceptors (Lipinski definition) is 3. The van der Waals surface area contributed by atoms with Crippen molar-refractivity contribution < 1.29 is 8.42 Å². The van der Waals surface area contributed by atoms with E-state index < -0.39 is 10.0 Å². The number of hydrogen-bond donors (Lipinski definition) is 1. The molecule has 102 valence electrons. The van der Waals surface area contributed by atoms with Gasteiger partial charge in [0.25, 0.3) is 0 Å². The molecule has 0 spiro atoms. The highest BCUT2D eigenvalue weighted by atomic mass is 32.2. The maximum absolute atomic E-state index is 11.9. The van der Waals surface area contributed by atoms with Crippen LogP contribution in [0.1, 0.15) is 49.2 Å². The van der Waals surface area contributed by atoms with Crippen molar-refractivity contribution in [3.63, 3.8) is 0 Å². The molecule has 1 heterocycles. The fourth-order valence-corrected chi connectivity index (χ4v) is 4.08. The third-order valence-electron chi connectivity index (χ3n) is 3.44. The molecular weight excluding hydrogens is 250 g/mol. The molecule has 0 aliphatic heterocycles. The molecule has 0 amide bonds. The molecule has 0 saturated carbocycles. The maximum Gasteiger partial charge on any atom is 0.212 e. The van der Waals surface area contributed by atoms with Crippen LogP contribution in [0.5, 0.6) is 0 Å². The molecule has 2 rings (SSSR count). The largest absolute Gasteiger partial charge is 0.272 e. The maximum atomic E-state index is 11.9. The van der Waals surface area contributed by atoms with E-state index in [4.69, 9.17) is 0 Å². The quantitative estimate of drug-likeness (QED) is 0.901. The number of aryl methyl sites for hydroxylation is 2. The molecule has 0 radical (unpaired) electrons. The van der Waals surface area contributed by atoms with Crippen molar-refractivity contribution in [2.24, 2.45) is 7.05 Å². The van der Waals surface area contributed by atoms with E-state index in [1.807, 2.05) is 25.6 Å². The number of fused-ring (bicyclic) bond motifs is 1. The van der Waals surface area contributed by atoms with E-state index in [1.54, 1.807) is 0 Å². The van der Waals surface area contributed by atoms with Gasteiger partial charge in [-0.25, -0.2) is 13.1 Å². The number of nitrogens with one attached hydrogen (secondary N) is 1. The van der Waals surface area contributed by atoms with Gasteiger partial charge in [-0.3, -0.25) is 4.68 Å². The summed E-state index contributed by atoms with van der Waals surface area (Å²) < 4.78 is 28.5. The minimum atomic E-state index is -3.17. The van der Waals surface area contributed by atoms with Crippen LogP contribution in [0.3, 0.4) is 0 Å². The standard InChI is InChI=1S/C12H21N3O2S/c1-4-8-18(16,17)14-10-6-5-7-11-12(10)9(2)13-15(11)3/h10,14H,4-8H2,1-3H3. The Morgan fingerprint density at radius 3 is 2.89 bits per heavy atom. The lowest BCUT2D eigenvalue weighted by Crippen LogP contribution is -2.32. The van der Waals surface area contributed by atoms with Gasteiger partial charge in [-0.05, 0) is 32.6 Å². The summed E-state index contributed by atoms with van der Waals surface area (Å²) in [6, 6.07) is -0.0981. The summed E-state index contributed by atoms with van der Waals surface area (Å²) in [6.07, 6.45) is 3.49. The van der Waals surface area contributed by atoms with Gasteiger partial charge in [0, 0.05) is 18.3 Å². The highest BCUT2D eigenvalue weighted by Crippen LogP contribution is 2.32. The summed E-state index contributed by atoms with van der Waals surface area (Å²) >= 11 is 0. The Hall–Kier alpha value is -0.880. The van der Waals surface area contributed by atoms with Gasteiger partial charge in [-0.2, -0.15) is 5.10 Å². The van der Waals surface area contributed by atoms with Crippen LogP contribution in [-0.4, -0.2) is 24.0 Å². The molecule has 0 bridgehead atoms. The lowest BCUT2D eigenvalue weighted by Gasteiger charge is -2.24. The SMILES string of the molecule is CCCS(=O)(=O)NC1CCCc2c1c(C)nn2C. The fraction of sp³-hybridized carbons (Fsp3) is 0.750. The van der Waals surface area contributed by atoms with Gasteiger partial charge in [0.2, 0.25) is 10.0 Å². The first-order valence-corrected chi connectivity index (χ1v) is 8.12. The second kappa shape index (κ2) is 5.01. The van der Waals surface area contributed by atoms with Crippen molar-refractivity contribution in [1.29, 1.82) is 0 Å². The van der Waals surface area contributed by atoms with Crippen LogP contribution < -0.4 is 4.72 Å². The highest BCUT2D eigenvalue weighted by molar-refractivity contribution is 7.89. The number of sulfonamides is 1. The molecule has 1 atom stereocenters. The Bertz CT molecular complexity index is 534. The zero-order chi connectivity index (χ0) is 13.3. The van der Waals surface area contributed by atoms with E-state index in [1.165, 1.54) is 5.69 Å². The van der Waals surface area contributed by atoms with Gasteiger partial charge in [-0.15, -0.1) is 0 Å². The first-order chi connectivity index (χ1) is 8.44. The lowest BCUT2D eigenvalue weighted by molar-refractivity contribution is 0.497. The number of nitrogens with zero attached hydrogens (tertiary/aromatic N) is 2. The molecule has 1 aliphatic carbocycles. The summed E-state index contributed by atoms with van der Waals surface area (Å²) in [6.45, 7) is 3.83. The van der Waals surface area contributed by atoms with Gasteiger partial charge in [-0.1, -0.05) is 6.92 Å². The number of rotatable bonds is 4. The van der Waals surface area contributed by atoms with E-state index in [0.717, 1.165) is 30.5 Å². The van der Waals surface area contributed by atoms with Crippen LogP contribution >= 0.6 is 0 Å². The number of aromatic nitrogens is 2. The molecule has 1 N–H and O–H groups in total. The van der Waals surface area contributed by atoms with Crippen LogP contribution in [0.15, 0.2) is 0 Å². The highest BCUT2D eigenvalue weighted by Gasteiger charge is 2.28. The third-order valence-corrected chi connectivity index (χ3v) is 5.03. The Morgan fingerprint density at radius 2 is 2.22 bits per heavy atom. The topological polar surface area (TPSA) is 64.0 Å². The van der Waals surface area contributed by atoms with Gasteiger partial charge >= 0.3 is 0 Å². The van der Waals surface area contributed by atoms with Crippen molar-refractivity contribution >= 4 is 10.0 Å². The van der Waals surface area contributed by atoms with Gasteiger partial charge < -0.3 is 0 Å². The summed E-state index contributed by atoms with van der Waals surface area (Å²) in [7, 11) is -1.24. The zero-order valence-electron chi connectivity index (χ0n) is 11.2. The van der Waals surface area contributed by atoms with Crippen molar-refractivity contribution in [3.8, 4) is 0 Å². The van der Waals surface area contributed by atoms with Crippen molar-refractivity contribution in [2.45, 2.75) is 45.6 Å². The van der Waals surface area contributed by atoms with E-state index >= 15 is 0 Å². The van der Waals surface area contributed by atoms with Crippen molar-refractivity contribution in [1.82, 2.24) is 14.5 Å². The second-order valence-corrected chi connectivity index (χ2v) is 6.82. The Morgan fingerprint density at radius 1 is 1.50 bits per heavy atom. The molecule has 18 heavy (non-hydrogen) atoms. The van der Waals surface area contributed by atoms with Crippen LogP contribution in [0, 0.1) is 6.92 Å². The van der Waals surface area contributed by atoms with E-state index in [2.05, 4.69) is 9.82 Å². The summed E-state index contributed by atoms with van der Waals surface area (Å²) in [5.41, 5.74) is 3.20. The average molecular weight is 271 g/mol. The Labute approximate surface area is 109 Å². The van der Waals surface area contributed by atoms with Crippen LogP contribution in [0.25, 0.3) is 0 Å². The molecule has 1 unspecified atom stereocenters. The van der Waals surface area contributed by atoms with Crippen molar-refractivity contribution in [2.75, 3.05) is 5.75 Å². The minimum absolute atomic E-state index is 0.0981. The van der Waals surface area contributed by atoms with E-state index in [9.17, 15) is 8.42 Å². The monoisotopic (exact) mass is 271 g/mol.